The molecule has 0 saturated carbocycles. The van der Waals surface area contributed by atoms with E-state index in [0.29, 0.717) is 11.9 Å². The van der Waals surface area contributed by atoms with E-state index in [9.17, 15) is 4.79 Å². The maximum atomic E-state index is 13.4. The first-order valence-electron chi connectivity index (χ1n) is 8.20. The second-order valence-corrected chi connectivity index (χ2v) is 10.1. The summed E-state index contributed by atoms with van der Waals surface area (Å²) < 4.78 is 5.70. The molecule has 0 bridgehead atoms. The van der Waals surface area contributed by atoms with Gasteiger partial charge in [-0.3, -0.25) is 0 Å². The molecular weight excluding hydrogens is 395 g/mol. The zero-order valence-electron chi connectivity index (χ0n) is 13.8. The fraction of sp³-hybridized carbons (Fsp3) is 0.0952. The number of alkyl halides is 1. The van der Waals surface area contributed by atoms with E-state index in [2.05, 4.69) is 15.9 Å². The summed E-state index contributed by atoms with van der Waals surface area (Å²) >= 11 is 3.35. The first-order valence-corrected chi connectivity index (χ1v) is 11.3. The Morgan fingerprint density at radius 1 is 0.720 bits per heavy atom. The second kappa shape index (κ2) is 8.42. The fourth-order valence-corrected chi connectivity index (χ4v) is 7.42. The third kappa shape index (κ3) is 3.53. The van der Waals surface area contributed by atoms with Gasteiger partial charge in [-0.05, 0) is 0 Å². The SMILES string of the molecule is O=C(OCCBr)[PH](c1ccccc1)(c1ccccc1)c1ccccc1. The summed E-state index contributed by atoms with van der Waals surface area (Å²) in [6.45, 7) is 0.361. The third-order valence-electron chi connectivity index (χ3n) is 4.24. The number of rotatable bonds is 6. The van der Waals surface area contributed by atoms with Crippen LogP contribution in [-0.4, -0.2) is 17.6 Å². The number of ether oxygens (including phenoxy) is 1. The van der Waals surface area contributed by atoms with E-state index in [4.69, 9.17) is 4.74 Å². The summed E-state index contributed by atoms with van der Waals surface area (Å²) in [4.78, 5) is 13.4. The van der Waals surface area contributed by atoms with Crippen molar-refractivity contribution < 1.29 is 9.53 Å². The van der Waals surface area contributed by atoms with Crippen molar-refractivity contribution in [2.45, 2.75) is 0 Å². The van der Waals surface area contributed by atoms with Crippen molar-refractivity contribution >= 4 is 44.8 Å². The molecule has 0 saturated heterocycles. The quantitative estimate of drug-likeness (QED) is 0.445. The van der Waals surface area contributed by atoms with Gasteiger partial charge in [0.05, 0.1) is 0 Å². The van der Waals surface area contributed by atoms with Crippen molar-refractivity contribution in [2.75, 3.05) is 11.9 Å². The van der Waals surface area contributed by atoms with Gasteiger partial charge in [-0.2, -0.15) is 0 Å². The monoisotopic (exact) mass is 414 g/mol. The minimum absolute atomic E-state index is 0.129. The van der Waals surface area contributed by atoms with Crippen molar-refractivity contribution in [2.24, 2.45) is 0 Å². The van der Waals surface area contributed by atoms with Gasteiger partial charge in [0.2, 0.25) is 0 Å². The van der Waals surface area contributed by atoms with Gasteiger partial charge in [-0.25, -0.2) is 0 Å². The molecule has 0 atom stereocenters. The first-order chi connectivity index (χ1) is 12.3. The number of carbonyl (C=O) groups excluding carboxylic acids is 1. The number of benzene rings is 3. The number of carbonyl (C=O) groups is 1. The van der Waals surface area contributed by atoms with E-state index in [0.717, 1.165) is 15.9 Å². The Kier molecular flexibility index (Phi) is 6.01. The van der Waals surface area contributed by atoms with Crippen LogP contribution in [0.15, 0.2) is 91.0 Å². The Bertz CT molecular complexity index is 710. The van der Waals surface area contributed by atoms with Gasteiger partial charge in [-0.1, -0.05) is 0 Å². The summed E-state index contributed by atoms with van der Waals surface area (Å²) in [6, 6.07) is 30.1. The van der Waals surface area contributed by atoms with Gasteiger partial charge >= 0.3 is 157 Å². The topological polar surface area (TPSA) is 26.3 Å². The summed E-state index contributed by atoms with van der Waals surface area (Å²) in [5, 5.41) is 3.73. The van der Waals surface area contributed by atoms with Gasteiger partial charge in [-0.15, -0.1) is 0 Å². The Hall–Kier alpha value is -1.96. The van der Waals surface area contributed by atoms with Crippen LogP contribution in [0.5, 0.6) is 0 Å². The Morgan fingerprint density at radius 3 is 1.40 bits per heavy atom. The summed E-state index contributed by atoms with van der Waals surface area (Å²) in [5.74, 6) is 0. The summed E-state index contributed by atoms with van der Waals surface area (Å²) in [6.07, 6.45) is 0. The van der Waals surface area contributed by atoms with Crippen LogP contribution in [0.1, 0.15) is 0 Å². The molecule has 0 heterocycles. The van der Waals surface area contributed by atoms with Crippen molar-refractivity contribution in [3.8, 4) is 0 Å². The van der Waals surface area contributed by atoms with Gasteiger partial charge in [0.25, 0.3) is 0 Å². The van der Waals surface area contributed by atoms with Gasteiger partial charge in [0.15, 0.2) is 0 Å². The third-order valence-corrected chi connectivity index (χ3v) is 8.92. The number of hydrogen-bond donors (Lipinski definition) is 0. The molecular formula is C21H20BrO2P. The minimum atomic E-state index is -2.95. The predicted octanol–water partition coefficient (Wildman–Crippen LogP) is 4.24. The van der Waals surface area contributed by atoms with Gasteiger partial charge in [0.1, 0.15) is 0 Å². The molecule has 2 nitrogen and oxygen atoms in total. The first kappa shape index (κ1) is 17.8. The fourth-order valence-electron chi connectivity index (χ4n) is 3.16. The summed E-state index contributed by atoms with van der Waals surface area (Å²) in [7, 11) is -2.95. The molecule has 3 aromatic carbocycles. The van der Waals surface area contributed by atoms with E-state index in [-0.39, 0.29) is 5.71 Å². The molecule has 0 aliphatic rings. The molecule has 0 radical (unpaired) electrons. The van der Waals surface area contributed by atoms with E-state index in [1.54, 1.807) is 0 Å². The van der Waals surface area contributed by atoms with E-state index < -0.39 is 7.26 Å². The molecule has 0 amide bonds. The van der Waals surface area contributed by atoms with Crippen LogP contribution in [-0.2, 0) is 4.74 Å². The Labute approximate surface area is 157 Å². The van der Waals surface area contributed by atoms with E-state index >= 15 is 0 Å². The predicted molar refractivity (Wildman–Crippen MR) is 112 cm³/mol. The molecule has 0 spiro atoms. The normalized spacial score (nSPS) is 11.7. The summed E-state index contributed by atoms with van der Waals surface area (Å²) in [5.41, 5.74) is -0.129. The van der Waals surface area contributed by atoms with Gasteiger partial charge < -0.3 is 0 Å². The van der Waals surface area contributed by atoms with Crippen LogP contribution in [0.4, 0.5) is 4.79 Å². The Morgan fingerprint density at radius 2 is 1.08 bits per heavy atom. The standard InChI is InChI=1S/C21H20BrO2P/c22-16-17-24-21(23)25(18-10-4-1-5-11-18,19-12-6-2-7-13-19)20-14-8-3-9-15-20/h1-15,25H,16-17H2. The average molecular weight is 415 g/mol. The van der Waals surface area contributed by atoms with Crippen LogP contribution < -0.4 is 15.9 Å². The molecule has 3 aromatic rings. The Balaban J connectivity index is 2.30. The van der Waals surface area contributed by atoms with E-state index in [1.165, 1.54) is 0 Å². The molecule has 0 fully saturated rings. The van der Waals surface area contributed by atoms with Crippen LogP contribution >= 0.6 is 23.2 Å². The maximum absolute atomic E-state index is 13.4. The zero-order chi connectivity index (χ0) is 17.5. The van der Waals surface area contributed by atoms with E-state index in [1.807, 2.05) is 91.0 Å². The van der Waals surface area contributed by atoms with Crippen LogP contribution in [0.25, 0.3) is 0 Å². The van der Waals surface area contributed by atoms with Crippen LogP contribution in [0.3, 0.4) is 0 Å². The molecule has 4 heteroatoms. The van der Waals surface area contributed by atoms with Crippen LogP contribution in [0.2, 0.25) is 0 Å². The number of halogens is 1. The molecule has 25 heavy (non-hydrogen) atoms. The van der Waals surface area contributed by atoms with Crippen molar-refractivity contribution in [1.29, 1.82) is 0 Å². The molecule has 0 aromatic heterocycles. The van der Waals surface area contributed by atoms with Crippen molar-refractivity contribution in [3.05, 3.63) is 91.0 Å². The molecule has 0 aliphatic carbocycles. The van der Waals surface area contributed by atoms with Crippen LogP contribution in [0, 0.1) is 0 Å². The average Bonchev–Trinajstić information content (AvgIpc) is 2.69. The van der Waals surface area contributed by atoms with Crippen molar-refractivity contribution in [3.63, 3.8) is 0 Å². The van der Waals surface area contributed by atoms with Crippen molar-refractivity contribution in [1.82, 2.24) is 0 Å². The molecule has 0 N–H and O–H groups in total. The molecule has 0 unspecified atom stereocenters. The molecule has 3 rings (SSSR count). The van der Waals surface area contributed by atoms with Gasteiger partial charge in [0, 0.05) is 0 Å². The molecule has 128 valence electrons. The molecule has 0 aliphatic heterocycles. The second-order valence-electron chi connectivity index (χ2n) is 5.67. The number of hydrogen-bond acceptors (Lipinski definition) is 2. The zero-order valence-corrected chi connectivity index (χ0v) is 16.4.